The minimum atomic E-state index is -0.383. The Bertz CT molecular complexity index is 584. The van der Waals surface area contributed by atoms with Crippen LogP contribution in [-0.4, -0.2) is 53.5 Å². The van der Waals surface area contributed by atoms with E-state index in [0.717, 1.165) is 19.6 Å². The molecule has 138 valence electrons. The van der Waals surface area contributed by atoms with Gasteiger partial charge in [-0.2, -0.15) is 0 Å². The number of benzene rings is 1. The van der Waals surface area contributed by atoms with Gasteiger partial charge >= 0.3 is 0 Å². The summed E-state index contributed by atoms with van der Waals surface area (Å²) >= 11 is 0. The van der Waals surface area contributed by atoms with Crippen molar-refractivity contribution in [3.63, 3.8) is 0 Å². The van der Waals surface area contributed by atoms with E-state index in [0.29, 0.717) is 24.5 Å². The molecule has 2 saturated heterocycles. The lowest BCUT2D eigenvalue weighted by atomic mass is 10.0. The van der Waals surface area contributed by atoms with Crippen LogP contribution in [0, 0.1) is 5.82 Å². The maximum atomic E-state index is 13.6. The number of hydrogen-bond acceptors (Lipinski definition) is 3. The van der Waals surface area contributed by atoms with Crippen molar-refractivity contribution < 1.29 is 9.18 Å². The van der Waals surface area contributed by atoms with E-state index in [9.17, 15) is 9.18 Å². The number of rotatable bonds is 5. The number of nitrogens with zero attached hydrogens (tertiary/aromatic N) is 2. The average Bonchev–Trinajstić information content (AvgIpc) is 2.94. The van der Waals surface area contributed by atoms with Crippen molar-refractivity contribution in [2.45, 2.75) is 64.1 Å². The fourth-order valence-electron chi connectivity index (χ4n) is 4.45. The monoisotopic (exact) mass is 347 g/mol. The Kier molecular flexibility index (Phi) is 6.07. The summed E-state index contributed by atoms with van der Waals surface area (Å²) in [7, 11) is 0. The Balaban J connectivity index is 1.48. The molecule has 0 bridgehead atoms. The normalized spacial score (nSPS) is 28.2. The van der Waals surface area contributed by atoms with Crippen LogP contribution < -0.4 is 5.32 Å². The molecule has 0 saturated carbocycles. The first-order valence-electron chi connectivity index (χ1n) is 9.58. The van der Waals surface area contributed by atoms with E-state index in [4.69, 9.17) is 0 Å². The predicted molar refractivity (Wildman–Crippen MR) is 99.1 cm³/mol. The standard InChI is InChI=1S/C20H30FN3O/c1-15-9-10-16(2)24(15)17-6-5-12-23(14-17)13-11-20(25)22-19-8-4-3-7-18(19)21/h3-4,7-8,15-17H,5-6,9-14H2,1-2H3,(H,22,25)/t15-,16-,17-/m1/s1. The fraction of sp³-hybridized carbons (Fsp3) is 0.650. The van der Waals surface area contributed by atoms with Gasteiger partial charge in [-0.3, -0.25) is 9.69 Å². The lowest BCUT2D eigenvalue weighted by Gasteiger charge is -2.41. The molecule has 2 aliphatic rings. The van der Waals surface area contributed by atoms with Gasteiger partial charge in [0.15, 0.2) is 0 Å². The van der Waals surface area contributed by atoms with Gasteiger partial charge in [-0.05, 0) is 58.2 Å². The predicted octanol–water partition coefficient (Wildman–Crippen LogP) is 3.49. The van der Waals surface area contributed by atoms with Crippen LogP contribution in [0.15, 0.2) is 24.3 Å². The second-order valence-corrected chi connectivity index (χ2v) is 7.60. The molecule has 5 heteroatoms. The molecule has 4 nitrogen and oxygen atoms in total. The summed E-state index contributed by atoms with van der Waals surface area (Å²) in [5.74, 6) is -0.499. The van der Waals surface area contributed by atoms with Gasteiger partial charge in [-0.15, -0.1) is 0 Å². The summed E-state index contributed by atoms with van der Waals surface area (Å²) in [5, 5.41) is 2.68. The minimum absolute atomic E-state index is 0.116. The topological polar surface area (TPSA) is 35.6 Å². The molecule has 0 aliphatic carbocycles. The van der Waals surface area contributed by atoms with Gasteiger partial charge in [-0.25, -0.2) is 4.39 Å². The first kappa shape index (κ1) is 18.3. The van der Waals surface area contributed by atoms with E-state index >= 15 is 0 Å². The summed E-state index contributed by atoms with van der Waals surface area (Å²) in [5.41, 5.74) is 0.267. The van der Waals surface area contributed by atoms with Gasteiger partial charge in [-0.1, -0.05) is 12.1 Å². The van der Waals surface area contributed by atoms with Crippen LogP contribution >= 0.6 is 0 Å². The number of halogens is 1. The van der Waals surface area contributed by atoms with Gasteiger partial charge in [0, 0.05) is 37.6 Å². The summed E-state index contributed by atoms with van der Waals surface area (Å²) in [6, 6.07) is 8.26. The molecule has 1 aromatic rings. The molecule has 2 aliphatic heterocycles. The Labute approximate surface area is 150 Å². The summed E-state index contributed by atoms with van der Waals surface area (Å²) < 4.78 is 13.6. The van der Waals surface area contributed by atoms with Crippen LogP contribution in [0.3, 0.4) is 0 Å². The molecular formula is C20H30FN3O. The highest BCUT2D eigenvalue weighted by atomic mass is 19.1. The van der Waals surface area contributed by atoms with E-state index < -0.39 is 0 Å². The molecule has 0 radical (unpaired) electrons. The Hall–Kier alpha value is -1.46. The van der Waals surface area contributed by atoms with E-state index in [-0.39, 0.29) is 17.4 Å². The lowest BCUT2D eigenvalue weighted by Crippen LogP contribution is -2.51. The van der Waals surface area contributed by atoms with Crippen molar-refractivity contribution in [1.29, 1.82) is 0 Å². The molecule has 0 aromatic heterocycles. The van der Waals surface area contributed by atoms with Crippen molar-refractivity contribution in [1.82, 2.24) is 9.80 Å². The Morgan fingerprint density at radius 3 is 2.64 bits per heavy atom. The number of piperidine rings is 1. The molecule has 1 aromatic carbocycles. The van der Waals surface area contributed by atoms with E-state index in [2.05, 4.69) is 29.0 Å². The van der Waals surface area contributed by atoms with Crippen LogP contribution in [0.1, 0.15) is 46.0 Å². The zero-order chi connectivity index (χ0) is 17.8. The number of anilines is 1. The molecule has 1 amide bonds. The highest BCUT2D eigenvalue weighted by Crippen LogP contribution is 2.29. The molecule has 0 unspecified atom stereocenters. The number of para-hydroxylation sites is 1. The van der Waals surface area contributed by atoms with E-state index in [1.54, 1.807) is 18.2 Å². The number of carbonyl (C=O) groups is 1. The maximum Gasteiger partial charge on any atom is 0.225 e. The SMILES string of the molecule is C[C@@H]1CC[C@@H](C)N1[C@@H]1CCCN(CCC(=O)Nc2ccccc2F)C1. The number of amides is 1. The second kappa shape index (κ2) is 8.28. The fourth-order valence-corrected chi connectivity index (χ4v) is 4.45. The third-order valence-corrected chi connectivity index (χ3v) is 5.73. The number of likely N-dealkylation sites (tertiary alicyclic amines) is 2. The van der Waals surface area contributed by atoms with Crippen LogP contribution in [0.2, 0.25) is 0 Å². The minimum Gasteiger partial charge on any atom is -0.324 e. The second-order valence-electron chi connectivity index (χ2n) is 7.60. The van der Waals surface area contributed by atoms with Gasteiger partial charge in [0.25, 0.3) is 0 Å². The van der Waals surface area contributed by atoms with Crippen molar-refractivity contribution in [2.24, 2.45) is 0 Å². The highest BCUT2D eigenvalue weighted by molar-refractivity contribution is 5.90. The number of nitrogens with one attached hydrogen (secondary N) is 1. The van der Waals surface area contributed by atoms with Gasteiger partial charge < -0.3 is 10.2 Å². The molecular weight excluding hydrogens is 317 g/mol. The molecule has 0 spiro atoms. The van der Waals surface area contributed by atoms with Crippen molar-refractivity contribution in [3.05, 3.63) is 30.1 Å². The summed E-state index contributed by atoms with van der Waals surface area (Å²) in [4.78, 5) is 17.2. The van der Waals surface area contributed by atoms with Crippen LogP contribution in [0.25, 0.3) is 0 Å². The third kappa shape index (κ3) is 4.59. The first-order valence-corrected chi connectivity index (χ1v) is 9.58. The highest BCUT2D eigenvalue weighted by Gasteiger charge is 2.35. The lowest BCUT2D eigenvalue weighted by molar-refractivity contribution is -0.116. The van der Waals surface area contributed by atoms with Gasteiger partial charge in [0.1, 0.15) is 5.82 Å². The van der Waals surface area contributed by atoms with E-state index in [1.807, 2.05) is 0 Å². The van der Waals surface area contributed by atoms with Crippen molar-refractivity contribution in [2.75, 3.05) is 25.0 Å². The quantitative estimate of drug-likeness (QED) is 0.886. The number of carbonyl (C=O) groups excluding carboxylic acids is 1. The van der Waals surface area contributed by atoms with Crippen LogP contribution in [0.5, 0.6) is 0 Å². The smallest absolute Gasteiger partial charge is 0.225 e. The third-order valence-electron chi connectivity index (χ3n) is 5.73. The molecule has 2 fully saturated rings. The molecule has 3 atom stereocenters. The largest absolute Gasteiger partial charge is 0.324 e. The van der Waals surface area contributed by atoms with Gasteiger partial charge in [0.2, 0.25) is 5.91 Å². The Morgan fingerprint density at radius 1 is 1.20 bits per heavy atom. The summed E-state index contributed by atoms with van der Waals surface area (Å²) in [6.07, 6.45) is 5.44. The van der Waals surface area contributed by atoms with Crippen molar-refractivity contribution in [3.8, 4) is 0 Å². The van der Waals surface area contributed by atoms with Crippen LogP contribution in [-0.2, 0) is 4.79 Å². The van der Waals surface area contributed by atoms with Crippen LogP contribution in [0.4, 0.5) is 10.1 Å². The van der Waals surface area contributed by atoms with Crippen molar-refractivity contribution >= 4 is 11.6 Å². The van der Waals surface area contributed by atoms with Gasteiger partial charge in [0.05, 0.1) is 5.69 Å². The molecule has 1 N–H and O–H groups in total. The first-order chi connectivity index (χ1) is 12.0. The molecule has 3 rings (SSSR count). The maximum absolute atomic E-state index is 13.6. The molecule has 2 heterocycles. The zero-order valence-electron chi connectivity index (χ0n) is 15.4. The Morgan fingerprint density at radius 2 is 1.92 bits per heavy atom. The summed E-state index contributed by atoms with van der Waals surface area (Å²) in [6.45, 7) is 7.52. The van der Waals surface area contributed by atoms with E-state index in [1.165, 1.54) is 31.7 Å². The average molecular weight is 347 g/mol. The number of hydrogen-bond donors (Lipinski definition) is 1. The zero-order valence-corrected chi connectivity index (χ0v) is 15.4. The molecule has 25 heavy (non-hydrogen) atoms.